The average Bonchev–Trinajstić information content (AvgIpc) is 2.82. The van der Waals surface area contributed by atoms with Gasteiger partial charge in [0, 0.05) is 5.56 Å². The quantitative estimate of drug-likeness (QED) is 0.311. The number of alkyl halides is 3. The van der Waals surface area contributed by atoms with Gasteiger partial charge in [-0.1, -0.05) is 38.1 Å². The van der Waals surface area contributed by atoms with Gasteiger partial charge >= 0.3 is 6.18 Å². The number of methoxy groups -OCH3 is 1. The van der Waals surface area contributed by atoms with Crippen molar-refractivity contribution in [3.8, 4) is 17.1 Å². The third-order valence-corrected chi connectivity index (χ3v) is 5.73. The maximum Gasteiger partial charge on any atom is 0.416 e. The highest BCUT2D eigenvalue weighted by Gasteiger charge is 2.30. The van der Waals surface area contributed by atoms with Crippen molar-refractivity contribution in [1.82, 2.24) is 9.66 Å². The molecule has 0 unspecified atom stereocenters. The van der Waals surface area contributed by atoms with E-state index in [1.165, 1.54) is 18.3 Å². The predicted molar refractivity (Wildman–Crippen MR) is 131 cm³/mol. The molecule has 5 nitrogen and oxygen atoms in total. The molecule has 0 aliphatic carbocycles. The van der Waals surface area contributed by atoms with Crippen LogP contribution in [0.1, 0.15) is 42.0 Å². The van der Waals surface area contributed by atoms with Gasteiger partial charge in [0.2, 0.25) is 0 Å². The van der Waals surface area contributed by atoms with Crippen molar-refractivity contribution in [2.45, 2.75) is 32.9 Å². The van der Waals surface area contributed by atoms with Gasteiger partial charge in [-0.05, 0) is 65.9 Å². The van der Waals surface area contributed by atoms with E-state index < -0.39 is 17.3 Å². The standard InChI is InChI=1S/C27H24F3N3O2/c1-16(2)21-14-22(17(3)12-24(21)35-4)25-32-23-11-6-5-10-20(23)26(34)33(25)31-15-18-8-7-9-19(13-18)27(28,29)30/h5-16H,1-4H3. The summed E-state index contributed by atoms with van der Waals surface area (Å²) in [4.78, 5) is 18.1. The Balaban J connectivity index is 1.96. The summed E-state index contributed by atoms with van der Waals surface area (Å²) < 4.78 is 46.1. The van der Waals surface area contributed by atoms with Crippen LogP contribution in [-0.2, 0) is 6.18 Å². The highest BCUT2D eigenvalue weighted by Crippen LogP contribution is 2.34. The van der Waals surface area contributed by atoms with Crippen molar-refractivity contribution < 1.29 is 17.9 Å². The van der Waals surface area contributed by atoms with E-state index in [0.717, 1.165) is 33.7 Å². The molecule has 0 atom stereocenters. The van der Waals surface area contributed by atoms with Crippen molar-refractivity contribution >= 4 is 17.1 Å². The number of hydrogen-bond donors (Lipinski definition) is 0. The van der Waals surface area contributed by atoms with E-state index in [4.69, 9.17) is 9.72 Å². The summed E-state index contributed by atoms with van der Waals surface area (Å²) in [6, 6.07) is 15.5. The summed E-state index contributed by atoms with van der Waals surface area (Å²) in [5, 5.41) is 4.66. The lowest BCUT2D eigenvalue weighted by Crippen LogP contribution is -2.21. The normalized spacial score (nSPS) is 12.1. The number of nitrogens with zero attached hydrogens (tertiary/aromatic N) is 3. The molecule has 0 bridgehead atoms. The van der Waals surface area contributed by atoms with Gasteiger partial charge in [-0.15, -0.1) is 0 Å². The smallest absolute Gasteiger partial charge is 0.416 e. The average molecular weight is 480 g/mol. The van der Waals surface area contributed by atoms with Gasteiger partial charge in [-0.2, -0.15) is 22.9 Å². The lowest BCUT2D eigenvalue weighted by Gasteiger charge is -2.17. The van der Waals surface area contributed by atoms with E-state index in [0.29, 0.717) is 22.3 Å². The number of halogens is 3. The van der Waals surface area contributed by atoms with Gasteiger partial charge in [0.25, 0.3) is 5.56 Å². The Bertz CT molecular complexity index is 1490. The van der Waals surface area contributed by atoms with Gasteiger partial charge in [-0.25, -0.2) is 4.98 Å². The number of benzene rings is 3. The molecule has 35 heavy (non-hydrogen) atoms. The van der Waals surface area contributed by atoms with E-state index in [2.05, 4.69) is 5.10 Å². The molecule has 1 heterocycles. The predicted octanol–water partition coefficient (Wildman–Crippen LogP) is 6.40. The maximum atomic E-state index is 13.4. The summed E-state index contributed by atoms with van der Waals surface area (Å²) in [5.74, 6) is 1.15. The van der Waals surface area contributed by atoms with Crippen LogP contribution in [0.5, 0.6) is 5.75 Å². The molecular formula is C27H24F3N3O2. The summed E-state index contributed by atoms with van der Waals surface area (Å²) in [5.41, 5.74) is 1.92. The van der Waals surface area contributed by atoms with Crippen molar-refractivity contribution in [2.24, 2.45) is 5.10 Å². The van der Waals surface area contributed by atoms with Crippen LogP contribution in [0.4, 0.5) is 13.2 Å². The Morgan fingerprint density at radius 1 is 1.06 bits per heavy atom. The van der Waals surface area contributed by atoms with Crippen molar-refractivity contribution in [3.05, 3.63) is 93.3 Å². The Labute approximate surface area is 200 Å². The molecule has 0 N–H and O–H groups in total. The SMILES string of the molecule is COc1cc(C)c(-c2nc3ccccc3c(=O)n2N=Cc2cccc(C(F)(F)F)c2)cc1C(C)C. The lowest BCUT2D eigenvalue weighted by molar-refractivity contribution is -0.137. The van der Waals surface area contributed by atoms with E-state index in [1.807, 2.05) is 32.9 Å². The third-order valence-electron chi connectivity index (χ3n) is 5.73. The van der Waals surface area contributed by atoms with Crippen LogP contribution < -0.4 is 10.3 Å². The molecule has 1 aromatic heterocycles. The van der Waals surface area contributed by atoms with Crippen LogP contribution in [-0.4, -0.2) is 23.0 Å². The first-order chi connectivity index (χ1) is 16.6. The Morgan fingerprint density at radius 2 is 1.80 bits per heavy atom. The first kappa shape index (κ1) is 24.2. The summed E-state index contributed by atoms with van der Waals surface area (Å²) in [6.45, 7) is 5.94. The van der Waals surface area contributed by atoms with E-state index in [1.54, 1.807) is 31.4 Å². The molecule has 0 aliphatic heterocycles. The number of para-hydroxylation sites is 1. The van der Waals surface area contributed by atoms with Gasteiger partial charge in [0.15, 0.2) is 5.82 Å². The van der Waals surface area contributed by atoms with Crippen molar-refractivity contribution in [3.63, 3.8) is 0 Å². The minimum atomic E-state index is -4.48. The largest absolute Gasteiger partial charge is 0.496 e. The molecule has 0 fully saturated rings. The molecule has 0 spiro atoms. The van der Waals surface area contributed by atoms with Crippen LogP contribution in [0, 0.1) is 6.92 Å². The third kappa shape index (κ3) is 4.82. The molecule has 4 rings (SSSR count). The zero-order valence-electron chi connectivity index (χ0n) is 19.7. The summed E-state index contributed by atoms with van der Waals surface area (Å²) in [7, 11) is 1.60. The zero-order valence-corrected chi connectivity index (χ0v) is 19.7. The second-order valence-electron chi connectivity index (χ2n) is 8.50. The molecular weight excluding hydrogens is 455 g/mol. The maximum absolute atomic E-state index is 13.4. The fraction of sp³-hybridized carbons (Fsp3) is 0.222. The zero-order chi connectivity index (χ0) is 25.3. The molecule has 8 heteroatoms. The van der Waals surface area contributed by atoms with Crippen LogP contribution in [0.3, 0.4) is 0 Å². The fourth-order valence-corrected chi connectivity index (χ4v) is 3.89. The minimum Gasteiger partial charge on any atom is -0.496 e. The molecule has 180 valence electrons. The second-order valence-corrected chi connectivity index (χ2v) is 8.50. The second kappa shape index (κ2) is 9.37. The Hall–Kier alpha value is -3.94. The van der Waals surface area contributed by atoms with Crippen LogP contribution >= 0.6 is 0 Å². The van der Waals surface area contributed by atoms with Crippen molar-refractivity contribution in [2.75, 3.05) is 7.11 Å². The van der Waals surface area contributed by atoms with E-state index >= 15 is 0 Å². The molecule has 4 aromatic rings. The highest BCUT2D eigenvalue weighted by molar-refractivity contribution is 5.82. The first-order valence-electron chi connectivity index (χ1n) is 11.0. The van der Waals surface area contributed by atoms with Crippen LogP contribution in [0.2, 0.25) is 0 Å². The number of fused-ring (bicyclic) bond motifs is 1. The van der Waals surface area contributed by atoms with E-state index in [9.17, 15) is 18.0 Å². The molecule has 0 saturated carbocycles. The Morgan fingerprint density at radius 3 is 2.49 bits per heavy atom. The molecule has 3 aromatic carbocycles. The van der Waals surface area contributed by atoms with Gasteiger partial charge in [-0.3, -0.25) is 4.79 Å². The number of ether oxygens (including phenoxy) is 1. The monoisotopic (exact) mass is 479 g/mol. The van der Waals surface area contributed by atoms with Crippen molar-refractivity contribution in [1.29, 1.82) is 0 Å². The molecule has 0 amide bonds. The molecule has 0 aliphatic rings. The number of aryl methyl sites for hydroxylation is 1. The lowest BCUT2D eigenvalue weighted by atomic mass is 9.96. The summed E-state index contributed by atoms with van der Waals surface area (Å²) in [6.07, 6.45) is -3.25. The Kier molecular flexibility index (Phi) is 6.47. The molecule has 0 saturated heterocycles. The topological polar surface area (TPSA) is 56.5 Å². The number of rotatable bonds is 5. The van der Waals surface area contributed by atoms with Gasteiger partial charge in [0.1, 0.15) is 5.75 Å². The number of hydrogen-bond acceptors (Lipinski definition) is 4. The minimum absolute atomic E-state index is 0.138. The van der Waals surface area contributed by atoms with Crippen LogP contribution in [0.25, 0.3) is 22.3 Å². The fourth-order valence-electron chi connectivity index (χ4n) is 3.89. The highest BCUT2D eigenvalue weighted by atomic mass is 19.4. The van der Waals surface area contributed by atoms with Crippen LogP contribution in [0.15, 0.2) is 70.6 Å². The first-order valence-corrected chi connectivity index (χ1v) is 11.0. The number of aromatic nitrogens is 2. The summed E-state index contributed by atoms with van der Waals surface area (Å²) >= 11 is 0. The molecule has 0 radical (unpaired) electrons. The van der Waals surface area contributed by atoms with Gasteiger partial charge < -0.3 is 4.74 Å². The van der Waals surface area contributed by atoms with Gasteiger partial charge in [0.05, 0.1) is 29.8 Å². The van der Waals surface area contributed by atoms with E-state index in [-0.39, 0.29) is 11.5 Å².